The molecule has 1 saturated carbocycles. The van der Waals surface area contributed by atoms with Crippen LogP contribution in [0.4, 0.5) is 0 Å². The van der Waals surface area contributed by atoms with Gasteiger partial charge in [0, 0.05) is 43.5 Å². The number of carbonyl (C=O) groups is 2. The Morgan fingerprint density at radius 3 is 2.34 bits per heavy atom. The first kappa shape index (κ1) is 21.7. The molecule has 0 N–H and O–H groups in total. The second-order valence-corrected chi connectivity index (χ2v) is 10.4. The van der Waals surface area contributed by atoms with Gasteiger partial charge >= 0.3 is 0 Å². The zero-order valence-electron chi connectivity index (χ0n) is 18.7. The van der Waals surface area contributed by atoms with Gasteiger partial charge in [0.1, 0.15) is 0 Å². The molecule has 0 bridgehead atoms. The van der Waals surface area contributed by atoms with Gasteiger partial charge in [0.25, 0.3) is 0 Å². The molecule has 2 fully saturated rings. The maximum absolute atomic E-state index is 13.3. The predicted molar refractivity (Wildman–Crippen MR) is 128 cm³/mol. The number of nitrogens with zero attached hydrogens (tertiary/aromatic N) is 3. The first-order valence-electron chi connectivity index (χ1n) is 12.1. The van der Waals surface area contributed by atoms with Crippen LogP contribution in [-0.2, 0) is 16.0 Å². The zero-order chi connectivity index (χ0) is 21.9. The summed E-state index contributed by atoms with van der Waals surface area (Å²) in [6.07, 6.45) is 6.71. The van der Waals surface area contributed by atoms with Gasteiger partial charge < -0.3 is 9.80 Å². The van der Waals surface area contributed by atoms with Crippen LogP contribution in [0.15, 0.2) is 41.8 Å². The Kier molecular flexibility index (Phi) is 6.60. The fourth-order valence-corrected chi connectivity index (χ4v) is 6.53. The Bertz CT molecular complexity index is 930. The van der Waals surface area contributed by atoms with Crippen LogP contribution in [0.1, 0.15) is 54.1 Å². The lowest BCUT2D eigenvalue weighted by Gasteiger charge is -2.40. The van der Waals surface area contributed by atoms with Crippen LogP contribution in [0.3, 0.4) is 0 Å². The van der Waals surface area contributed by atoms with E-state index in [4.69, 9.17) is 0 Å². The van der Waals surface area contributed by atoms with Crippen molar-refractivity contribution in [3.63, 3.8) is 0 Å². The van der Waals surface area contributed by atoms with Gasteiger partial charge in [-0.25, -0.2) is 0 Å². The molecule has 5 rings (SSSR count). The fourth-order valence-electron chi connectivity index (χ4n) is 5.62. The van der Waals surface area contributed by atoms with E-state index in [1.807, 2.05) is 27.2 Å². The minimum absolute atomic E-state index is 0.143. The predicted octanol–water partition coefficient (Wildman–Crippen LogP) is 3.95. The number of rotatable bonds is 4. The molecule has 1 unspecified atom stereocenters. The summed E-state index contributed by atoms with van der Waals surface area (Å²) < 4.78 is 0. The average Bonchev–Trinajstić information content (AvgIpc) is 3.33. The molecular formula is C26H33N3O2S. The maximum atomic E-state index is 13.3. The molecule has 2 aliphatic heterocycles. The maximum Gasteiger partial charge on any atom is 0.236 e. The molecule has 1 aliphatic carbocycles. The first-order valence-corrected chi connectivity index (χ1v) is 13.0. The molecule has 1 aromatic carbocycles. The molecule has 5 nitrogen and oxygen atoms in total. The molecule has 2 amide bonds. The van der Waals surface area contributed by atoms with E-state index in [-0.39, 0.29) is 17.9 Å². The molecular weight excluding hydrogens is 418 g/mol. The summed E-state index contributed by atoms with van der Waals surface area (Å²) in [5.74, 6) is 0.724. The Morgan fingerprint density at radius 2 is 1.59 bits per heavy atom. The second-order valence-electron chi connectivity index (χ2n) is 9.37. The lowest BCUT2D eigenvalue weighted by atomic mass is 9.88. The molecule has 32 heavy (non-hydrogen) atoms. The van der Waals surface area contributed by atoms with E-state index >= 15 is 0 Å². The number of hydrogen-bond donors (Lipinski definition) is 0. The molecule has 0 radical (unpaired) electrons. The summed E-state index contributed by atoms with van der Waals surface area (Å²) >= 11 is 1.83. The molecule has 3 heterocycles. The highest BCUT2D eigenvalue weighted by Crippen LogP contribution is 2.37. The average molecular weight is 452 g/mol. The van der Waals surface area contributed by atoms with Crippen molar-refractivity contribution in [3.8, 4) is 0 Å². The minimum Gasteiger partial charge on any atom is -0.339 e. The van der Waals surface area contributed by atoms with Gasteiger partial charge in [-0.3, -0.25) is 14.5 Å². The van der Waals surface area contributed by atoms with E-state index in [1.54, 1.807) is 0 Å². The molecule has 1 saturated heterocycles. The van der Waals surface area contributed by atoms with Gasteiger partial charge in [-0.15, -0.1) is 11.3 Å². The van der Waals surface area contributed by atoms with E-state index in [0.29, 0.717) is 38.6 Å². The molecule has 170 valence electrons. The van der Waals surface area contributed by atoms with Crippen molar-refractivity contribution in [2.45, 2.75) is 44.6 Å². The summed E-state index contributed by atoms with van der Waals surface area (Å²) in [6, 6.07) is 12.9. The van der Waals surface area contributed by atoms with Gasteiger partial charge in [-0.05, 0) is 41.8 Å². The first-order chi connectivity index (χ1) is 15.7. The van der Waals surface area contributed by atoms with Crippen LogP contribution in [0, 0.1) is 5.92 Å². The van der Waals surface area contributed by atoms with Crippen LogP contribution in [-0.4, -0.2) is 65.8 Å². The lowest BCUT2D eigenvalue weighted by Crippen LogP contribution is -2.54. The van der Waals surface area contributed by atoms with Gasteiger partial charge in [0.2, 0.25) is 11.8 Å². The Labute approximate surface area is 195 Å². The molecule has 3 aliphatic rings. The van der Waals surface area contributed by atoms with E-state index in [0.717, 1.165) is 25.8 Å². The molecule has 1 atom stereocenters. The summed E-state index contributed by atoms with van der Waals surface area (Å²) in [5.41, 5.74) is 2.60. The highest BCUT2D eigenvalue weighted by Gasteiger charge is 2.33. The monoisotopic (exact) mass is 451 g/mol. The van der Waals surface area contributed by atoms with Crippen molar-refractivity contribution in [3.05, 3.63) is 57.8 Å². The van der Waals surface area contributed by atoms with Crippen LogP contribution in [0.5, 0.6) is 0 Å². The van der Waals surface area contributed by atoms with Gasteiger partial charge in [0.05, 0.1) is 12.6 Å². The van der Waals surface area contributed by atoms with Crippen LogP contribution >= 0.6 is 11.3 Å². The number of hydrogen-bond acceptors (Lipinski definition) is 4. The second kappa shape index (κ2) is 9.75. The van der Waals surface area contributed by atoms with Crippen LogP contribution < -0.4 is 0 Å². The van der Waals surface area contributed by atoms with Gasteiger partial charge in [0.15, 0.2) is 0 Å². The minimum atomic E-state index is 0.143. The summed E-state index contributed by atoms with van der Waals surface area (Å²) in [4.78, 5) is 33.9. The number of carbonyl (C=O) groups excluding carboxylic acids is 2. The van der Waals surface area contributed by atoms with Crippen molar-refractivity contribution in [1.82, 2.24) is 14.7 Å². The number of amides is 2. The zero-order valence-corrected chi connectivity index (χ0v) is 19.6. The van der Waals surface area contributed by atoms with Gasteiger partial charge in [-0.1, -0.05) is 49.6 Å². The normalized spacial score (nSPS) is 22.6. The van der Waals surface area contributed by atoms with Crippen LogP contribution in [0.25, 0.3) is 0 Å². The number of fused-ring (bicyclic) bond motifs is 1. The molecule has 6 heteroatoms. The third kappa shape index (κ3) is 4.48. The molecule has 1 aromatic heterocycles. The molecule has 0 spiro atoms. The third-order valence-electron chi connectivity index (χ3n) is 7.42. The van der Waals surface area contributed by atoms with Crippen molar-refractivity contribution < 1.29 is 9.59 Å². The standard InChI is InChI=1S/C26H33N3O2S/c30-24(27-14-16-28(17-15-27)26(31)21-9-5-2-6-10-21)19-29-13-11-23-22(12-18-32-23)25(29)20-7-3-1-4-8-20/h1,3-4,7-8,12,18,21,25H,2,5-6,9-11,13-17,19H2. The SMILES string of the molecule is O=C(CN1CCc2sccc2C1c1ccccc1)N1CCN(C(=O)C2CCCCC2)CC1. The van der Waals surface area contributed by atoms with Crippen molar-refractivity contribution in [1.29, 1.82) is 0 Å². The topological polar surface area (TPSA) is 43.9 Å². The quantitative estimate of drug-likeness (QED) is 0.707. The fraction of sp³-hybridized carbons (Fsp3) is 0.538. The lowest BCUT2D eigenvalue weighted by molar-refractivity contribution is -0.143. The van der Waals surface area contributed by atoms with E-state index in [2.05, 4.69) is 40.6 Å². The number of thiophene rings is 1. The van der Waals surface area contributed by atoms with E-state index < -0.39 is 0 Å². The number of benzene rings is 1. The van der Waals surface area contributed by atoms with E-state index in [1.165, 1.54) is 35.3 Å². The Hall–Kier alpha value is -2.18. The van der Waals surface area contributed by atoms with Crippen molar-refractivity contribution in [2.75, 3.05) is 39.3 Å². The van der Waals surface area contributed by atoms with Gasteiger partial charge in [-0.2, -0.15) is 0 Å². The highest BCUT2D eigenvalue weighted by molar-refractivity contribution is 7.10. The smallest absolute Gasteiger partial charge is 0.236 e. The third-order valence-corrected chi connectivity index (χ3v) is 8.41. The van der Waals surface area contributed by atoms with Crippen molar-refractivity contribution in [2.24, 2.45) is 5.92 Å². The van der Waals surface area contributed by atoms with E-state index in [9.17, 15) is 9.59 Å². The molecule has 2 aromatic rings. The summed E-state index contributed by atoms with van der Waals surface area (Å²) in [6.45, 7) is 4.01. The highest BCUT2D eigenvalue weighted by atomic mass is 32.1. The number of piperazine rings is 1. The largest absolute Gasteiger partial charge is 0.339 e. The summed E-state index contributed by atoms with van der Waals surface area (Å²) in [7, 11) is 0. The van der Waals surface area contributed by atoms with Crippen LogP contribution in [0.2, 0.25) is 0 Å². The Balaban J connectivity index is 1.22. The Morgan fingerprint density at radius 1 is 0.875 bits per heavy atom. The van der Waals surface area contributed by atoms with Crippen molar-refractivity contribution >= 4 is 23.2 Å². The summed E-state index contributed by atoms with van der Waals surface area (Å²) in [5, 5.41) is 2.18.